The van der Waals surface area contributed by atoms with Gasteiger partial charge in [-0.05, 0) is 6.42 Å². The van der Waals surface area contributed by atoms with E-state index in [-0.39, 0.29) is 5.70 Å². The van der Waals surface area contributed by atoms with Crippen LogP contribution in [0.2, 0.25) is 0 Å². The summed E-state index contributed by atoms with van der Waals surface area (Å²) in [5.74, 6) is 4.18. The summed E-state index contributed by atoms with van der Waals surface area (Å²) in [6.45, 7) is 5.45. The van der Waals surface area contributed by atoms with Gasteiger partial charge in [-0.1, -0.05) is 13.5 Å². The minimum atomic E-state index is -1.20. The fourth-order valence-corrected chi connectivity index (χ4v) is 0.479. The van der Waals surface area contributed by atoms with Gasteiger partial charge in [0.25, 0.3) is 0 Å². The smallest absolute Gasteiger partial charge is 0.353 e. The van der Waals surface area contributed by atoms with Gasteiger partial charge < -0.3 is 10.8 Å². The van der Waals surface area contributed by atoms with E-state index in [0.717, 1.165) is 11.2 Å². The van der Waals surface area contributed by atoms with E-state index in [1.54, 1.807) is 0 Å². The average molecular weight is 171 g/mol. The molecule has 0 aromatic rings. The molecule has 0 aliphatic heterocycles. The van der Waals surface area contributed by atoms with Crippen LogP contribution < -0.4 is 11.6 Å². The van der Waals surface area contributed by atoms with E-state index in [4.69, 9.17) is 16.7 Å². The molecule has 12 heavy (non-hydrogen) atoms. The first-order valence-electron chi connectivity index (χ1n) is 3.41. The average Bonchev–Trinajstić information content (AvgIpc) is 2.02. The van der Waals surface area contributed by atoms with Crippen molar-refractivity contribution >= 4 is 5.97 Å². The van der Waals surface area contributed by atoms with Crippen molar-refractivity contribution in [1.82, 2.24) is 5.01 Å². The number of carboxylic acid groups (broad SMARTS) is 1. The highest BCUT2D eigenvalue weighted by Crippen LogP contribution is 2.01. The number of rotatable bonds is 4. The third kappa shape index (κ3) is 3.07. The van der Waals surface area contributed by atoms with E-state index in [0.29, 0.717) is 12.1 Å². The van der Waals surface area contributed by atoms with E-state index in [1.807, 2.05) is 6.92 Å². The van der Waals surface area contributed by atoms with Gasteiger partial charge in [0.2, 0.25) is 0 Å². The summed E-state index contributed by atoms with van der Waals surface area (Å²) in [4.78, 5) is 10.2. The monoisotopic (exact) mass is 171 g/mol. The quantitative estimate of drug-likeness (QED) is 0.314. The molecule has 5 N–H and O–H groups in total. The van der Waals surface area contributed by atoms with Crippen LogP contribution in [0, 0.1) is 0 Å². The van der Waals surface area contributed by atoms with Gasteiger partial charge in [0, 0.05) is 5.70 Å². The molecule has 0 amide bonds. The molecule has 0 rings (SSSR count). The van der Waals surface area contributed by atoms with Gasteiger partial charge in [-0.2, -0.15) is 0 Å². The number of hydrogen-bond donors (Lipinski definition) is 3. The van der Waals surface area contributed by atoms with Crippen molar-refractivity contribution in [2.75, 3.05) is 0 Å². The number of hydrogen-bond acceptors (Lipinski definition) is 4. The van der Waals surface area contributed by atoms with Crippen LogP contribution in [-0.2, 0) is 4.79 Å². The molecule has 0 spiro atoms. The number of hydrazine groups is 1. The molecule has 0 heterocycles. The van der Waals surface area contributed by atoms with E-state index < -0.39 is 5.97 Å². The van der Waals surface area contributed by atoms with Gasteiger partial charge in [-0.3, -0.25) is 5.01 Å². The molecule has 0 radical (unpaired) electrons. The molecule has 0 aliphatic carbocycles. The normalized spacial score (nSPS) is 11.0. The Balaban J connectivity index is 4.33. The molecule has 0 unspecified atom stereocenters. The van der Waals surface area contributed by atoms with Gasteiger partial charge in [0.05, 0.1) is 6.20 Å². The summed E-state index contributed by atoms with van der Waals surface area (Å²) >= 11 is 0. The Kier molecular flexibility index (Phi) is 3.85. The molecule has 0 aromatic heterocycles. The summed E-state index contributed by atoms with van der Waals surface area (Å²) in [6, 6.07) is 0. The highest BCUT2D eigenvalue weighted by atomic mass is 16.4. The predicted octanol–water partition coefficient (Wildman–Crippen LogP) is -0.0295. The van der Waals surface area contributed by atoms with E-state index in [9.17, 15) is 4.79 Å². The molecular weight excluding hydrogens is 158 g/mol. The molecule has 0 saturated carbocycles. The van der Waals surface area contributed by atoms with Crippen LogP contribution in [0.1, 0.15) is 13.3 Å². The SMILES string of the molecule is C=C(CC)N(N)/C=C(\N)C(=O)O. The lowest BCUT2D eigenvalue weighted by molar-refractivity contribution is -0.132. The van der Waals surface area contributed by atoms with Crippen LogP contribution >= 0.6 is 0 Å². The maximum absolute atomic E-state index is 10.2. The first-order valence-corrected chi connectivity index (χ1v) is 3.41. The highest BCUT2D eigenvalue weighted by Gasteiger charge is 2.03. The molecule has 0 aromatic carbocycles. The second-order valence-corrected chi connectivity index (χ2v) is 2.22. The predicted molar refractivity (Wildman–Crippen MR) is 45.4 cm³/mol. The van der Waals surface area contributed by atoms with E-state index in [2.05, 4.69) is 6.58 Å². The molecule has 0 fully saturated rings. The number of allylic oxidation sites excluding steroid dienone is 1. The lowest BCUT2D eigenvalue weighted by Gasteiger charge is -2.14. The standard InChI is InChI=1S/C7H13N3O2/c1-3-5(2)10(9)4-6(8)7(11)12/h4H,2-3,8-9H2,1H3,(H,11,12)/b6-4-. The zero-order valence-corrected chi connectivity index (χ0v) is 6.95. The molecule has 0 saturated heterocycles. The zero-order valence-electron chi connectivity index (χ0n) is 6.95. The van der Waals surface area contributed by atoms with Crippen LogP contribution in [0.3, 0.4) is 0 Å². The van der Waals surface area contributed by atoms with Crippen LogP contribution in [0.15, 0.2) is 24.2 Å². The molecule has 68 valence electrons. The second-order valence-electron chi connectivity index (χ2n) is 2.22. The third-order valence-electron chi connectivity index (χ3n) is 1.30. The molecule has 0 bridgehead atoms. The first-order chi connectivity index (χ1) is 5.49. The first kappa shape index (κ1) is 10.5. The minimum Gasteiger partial charge on any atom is -0.477 e. The fraction of sp³-hybridized carbons (Fsp3) is 0.286. The lowest BCUT2D eigenvalue weighted by Crippen LogP contribution is -2.26. The van der Waals surface area contributed by atoms with Crippen LogP contribution in [0.25, 0.3) is 0 Å². The summed E-state index contributed by atoms with van der Waals surface area (Å²) < 4.78 is 0. The Labute approximate surface area is 70.9 Å². The molecule has 5 heteroatoms. The largest absolute Gasteiger partial charge is 0.477 e. The van der Waals surface area contributed by atoms with E-state index >= 15 is 0 Å². The third-order valence-corrected chi connectivity index (χ3v) is 1.30. The Morgan fingerprint density at radius 2 is 2.25 bits per heavy atom. The van der Waals surface area contributed by atoms with Crippen LogP contribution in [0.4, 0.5) is 0 Å². The summed E-state index contributed by atoms with van der Waals surface area (Å²) in [6.07, 6.45) is 1.76. The molecule has 5 nitrogen and oxygen atoms in total. The van der Waals surface area contributed by atoms with Crippen molar-refractivity contribution in [1.29, 1.82) is 0 Å². The zero-order chi connectivity index (χ0) is 9.72. The number of carboxylic acids is 1. The molecule has 0 atom stereocenters. The second kappa shape index (κ2) is 4.40. The van der Waals surface area contributed by atoms with E-state index in [1.165, 1.54) is 0 Å². The Bertz CT molecular complexity index is 223. The fourth-order valence-electron chi connectivity index (χ4n) is 0.479. The number of aliphatic carboxylic acids is 1. The Morgan fingerprint density at radius 1 is 1.75 bits per heavy atom. The number of nitrogens with two attached hydrogens (primary N) is 2. The maximum Gasteiger partial charge on any atom is 0.353 e. The Hall–Kier alpha value is -1.49. The summed E-state index contributed by atoms with van der Waals surface area (Å²) in [7, 11) is 0. The van der Waals surface area contributed by atoms with Gasteiger partial charge in [-0.25, -0.2) is 10.6 Å². The topological polar surface area (TPSA) is 92.6 Å². The number of carbonyl (C=O) groups is 1. The Morgan fingerprint density at radius 3 is 2.58 bits per heavy atom. The van der Waals surface area contributed by atoms with Crippen LogP contribution in [0.5, 0.6) is 0 Å². The molecule has 0 aliphatic rings. The maximum atomic E-state index is 10.2. The van der Waals surface area contributed by atoms with Crippen molar-refractivity contribution in [3.63, 3.8) is 0 Å². The van der Waals surface area contributed by atoms with Crippen molar-refractivity contribution in [3.05, 3.63) is 24.2 Å². The highest BCUT2D eigenvalue weighted by molar-refractivity contribution is 5.85. The summed E-state index contributed by atoms with van der Waals surface area (Å²) in [5.41, 5.74) is 5.39. The molecular formula is C7H13N3O2. The van der Waals surface area contributed by atoms with Crippen molar-refractivity contribution in [2.45, 2.75) is 13.3 Å². The van der Waals surface area contributed by atoms with Crippen molar-refractivity contribution in [2.24, 2.45) is 11.6 Å². The van der Waals surface area contributed by atoms with Crippen molar-refractivity contribution < 1.29 is 9.90 Å². The minimum absolute atomic E-state index is 0.313. The summed E-state index contributed by atoms with van der Waals surface area (Å²) in [5, 5.41) is 9.48. The van der Waals surface area contributed by atoms with Crippen molar-refractivity contribution in [3.8, 4) is 0 Å². The van der Waals surface area contributed by atoms with Gasteiger partial charge in [-0.15, -0.1) is 0 Å². The van der Waals surface area contributed by atoms with Gasteiger partial charge in [0.15, 0.2) is 0 Å². The van der Waals surface area contributed by atoms with Gasteiger partial charge in [0.1, 0.15) is 5.70 Å². The number of nitrogens with zero attached hydrogens (tertiary/aromatic N) is 1. The lowest BCUT2D eigenvalue weighted by atomic mass is 10.3. The van der Waals surface area contributed by atoms with Crippen LogP contribution in [-0.4, -0.2) is 16.1 Å². The van der Waals surface area contributed by atoms with Gasteiger partial charge >= 0.3 is 5.97 Å².